The van der Waals surface area contributed by atoms with Crippen molar-refractivity contribution in [2.75, 3.05) is 39.4 Å². The van der Waals surface area contributed by atoms with E-state index < -0.39 is 0 Å². The second-order valence-electron chi connectivity index (χ2n) is 4.52. The first-order valence-corrected chi connectivity index (χ1v) is 6.53. The van der Waals surface area contributed by atoms with Gasteiger partial charge in [-0.1, -0.05) is 17.7 Å². The number of nitrogens with zero attached hydrogens (tertiary/aromatic N) is 1. The van der Waals surface area contributed by atoms with Gasteiger partial charge in [-0.25, -0.2) is 4.39 Å². The van der Waals surface area contributed by atoms with Crippen molar-refractivity contribution in [2.24, 2.45) is 5.73 Å². The summed E-state index contributed by atoms with van der Waals surface area (Å²) in [5, 5.41) is 0.160. The molecule has 2 N–H and O–H groups in total. The molecule has 0 saturated carbocycles. The monoisotopic (exact) mass is 272 g/mol. The Balaban J connectivity index is 2.04. The first kappa shape index (κ1) is 13.7. The molecular weight excluding hydrogens is 255 g/mol. The lowest BCUT2D eigenvalue weighted by Crippen LogP contribution is -2.40. The molecule has 0 radical (unpaired) electrons. The van der Waals surface area contributed by atoms with Crippen molar-refractivity contribution in [3.05, 3.63) is 34.6 Å². The number of benzene rings is 1. The number of morpholine rings is 1. The highest BCUT2D eigenvalue weighted by molar-refractivity contribution is 6.30. The van der Waals surface area contributed by atoms with Gasteiger partial charge in [-0.15, -0.1) is 0 Å². The second kappa shape index (κ2) is 6.48. The highest BCUT2D eigenvalue weighted by Crippen LogP contribution is 2.22. The summed E-state index contributed by atoms with van der Waals surface area (Å²) < 4.78 is 18.4. The average Bonchev–Trinajstić information content (AvgIpc) is 2.40. The van der Waals surface area contributed by atoms with E-state index in [1.807, 2.05) is 0 Å². The normalized spacial score (nSPS) is 18.8. The predicted octanol–water partition coefficient (Wildman–Crippen LogP) is 1.85. The third-order valence-electron chi connectivity index (χ3n) is 3.28. The summed E-state index contributed by atoms with van der Waals surface area (Å²) in [6.07, 6.45) is 0. The maximum atomic E-state index is 13.1. The molecule has 1 aliphatic heterocycles. The number of rotatable bonds is 4. The Labute approximate surface area is 112 Å². The Bertz CT molecular complexity index is 397. The summed E-state index contributed by atoms with van der Waals surface area (Å²) in [5.74, 6) is -0.205. The van der Waals surface area contributed by atoms with Crippen LogP contribution < -0.4 is 5.73 Å². The Morgan fingerprint density at radius 3 is 2.72 bits per heavy atom. The lowest BCUT2D eigenvalue weighted by molar-refractivity contribution is 0.0353. The minimum atomic E-state index is -0.387. The maximum Gasteiger partial charge on any atom is 0.141 e. The molecule has 1 aromatic carbocycles. The van der Waals surface area contributed by atoms with E-state index in [2.05, 4.69) is 4.90 Å². The number of hydrogen-bond donors (Lipinski definition) is 1. The van der Waals surface area contributed by atoms with Crippen molar-refractivity contribution >= 4 is 11.6 Å². The van der Waals surface area contributed by atoms with E-state index in [1.54, 1.807) is 12.1 Å². The molecule has 1 unspecified atom stereocenters. The van der Waals surface area contributed by atoms with Crippen molar-refractivity contribution < 1.29 is 9.13 Å². The third-order valence-corrected chi connectivity index (χ3v) is 3.57. The molecule has 1 aliphatic rings. The van der Waals surface area contributed by atoms with Crippen LogP contribution >= 0.6 is 11.6 Å². The van der Waals surface area contributed by atoms with E-state index in [9.17, 15) is 4.39 Å². The van der Waals surface area contributed by atoms with Gasteiger partial charge in [-0.2, -0.15) is 0 Å². The molecule has 5 heteroatoms. The smallest absolute Gasteiger partial charge is 0.141 e. The fourth-order valence-electron chi connectivity index (χ4n) is 2.18. The molecule has 0 bridgehead atoms. The molecule has 3 nitrogen and oxygen atoms in total. The number of nitrogens with two attached hydrogens (primary N) is 1. The van der Waals surface area contributed by atoms with Crippen LogP contribution in [0.2, 0.25) is 5.02 Å². The minimum absolute atomic E-state index is 0.160. The van der Waals surface area contributed by atoms with Crippen LogP contribution in [-0.4, -0.2) is 44.3 Å². The quantitative estimate of drug-likeness (QED) is 0.909. The Morgan fingerprint density at radius 2 is 2.11 bits per heavy atom. The Kier molecular flexibility index (Phi) is 4.95. The molecular formula is C13H18ClFN2O. The van der Waals surface area contributed by atoms with E-state index in [0.717, 1.165) is 38.4 Å². The van der Waals surface area contributed by atoms with Crippen molar-refractivity contribution in [3.8, 4) is 0 Å². The van der Waals surface area contributed by atoms with E-state index in [-0.39, 0.29) is 16.8 Å². The van der Waals surface area contributed by atoms with Crippen LogP contribution in [0.15, 0.2) is 18.2 Å². The van der Waals surface area contributed by atoms with Gasteiger partial charge in [0, 0.05) is 32.1 Å². The van der Waals surface area contributed by atoms with Gasteiger partial charge in [0.25, 0.3) is 0 Å². The molecule has 2 rings (SSSR count). The standard InChI is InChI=1S/C13H18ClFN2O/c14-12-7-10(1-2-13(12)15)11(8-16)9-17-3-5-18-6-4-17/h1-2,7,11H,3-6,8-9,16H2. The molecule has 1 atom stereocenters. The van der Waals surface area contributed by atoms with E-state index in [1.165, 1.54) is 6.07 Å². The fraction of sp³-hybridized carbons (Fsp3) is 0.538. The zero-order chi connectivity index (χ0) is 13.0. The minimum Gasteiger partial charge on any atom is -0.379 e. The summed E-state index contributed by atoms with van der Waals surface area (Å²) >= 11 is 5.81. The molecule has 1 fully saturated rings. The van der Waals surface area contributed by atoms with E-state index >= 15 is 0 Å². The van der Waals surface area contributed by atoms with Crippen molar-refractivity contribution in [2.45, 2.75) is 5.92 Å². The van der Waals surface area contributed by atoms with Gasteiger partial charge < -0.3 is 10.5 Å². The van der Waals surface area contributed by atoms with Crippen LogP contribution in [0.25, 0.3) is 0 Å². The number of ether oxygens (including phenoxy) is 1. The molecule has 0 amide bonds. The predicted molar refractivity (Wildman–Crippen MR) is 70.5 cm³/mol. The summed E-state index contributed by atoms with van der Waals surface area (Å²) in [6.45, 7) is 4.76. The molecule has 100 valence electrons. The zero-order valence-electron chi connectivity index (χ0n) is 10.2. The maximum absolute atomic E-state index is 13.1. The van der Waals surface area contributed by atoms with Gasteiger partial charge in [-0.3, -0.25) is 4.90 Å². The molecule has 1 aromatic rings. The van der Waals surface area contributed by atoms with Crippen molar-refractivity contribution in [1.82, 2.24) is 4.90 Å². The SMILES string of the molecule is NCC(CN1CCOCC1)c1ccc(F)c(Cl)c1. The van der Waals surface area contributed by atoms with Gasteiger partial charge in [0.2, 0.25) is 0 Å². The summed E-state index contributed by atoms with van der Waals surface area (Å²) in [5.41, 5.74) is 6.81. The molecule has 1 saturated heterocycles. The molecule has 1 heterocycles. The van der Waals surface area contributed by atoms with Gasteiger partial charge in [0.15, 0.2) is 0 Å². The Morgan fingerprint density at radius 1 is 1.39 bits per heavy atom. The van der Waals surface area contributed by atoms with Crippen LogP contribution in [0.3, 0.4) is 0 Å². The largest absolute Gasteiger partial charge is 0.379 e. The first-order valence-electron chi connectivity index (χ1n) is 6.16. The molecule has 18 heavy (non-hydrogen) atoms. The van der Waals surface area contributed by atoms with Crippen LogP contribution in [0, 0.1) is 5.82 Å². The summed E-state index contributed by atoms with van der Waals surface area (Å²) in [4.78, 5) is 2.32. The first-order chi connectivity index (χ1) is 8.70. The van der Waals surface area contributed by atoms with Crippen LogP contribution in [0.4, 0.5) is 4.39 Å². The van der Waals surface area contributed by atoms with Gasteiger partial charge in [-0.05, 0) is 17.7 Å². The van der Waals surface area contributed by atoms with Crippen LogP contribution in [0.1, 0.15) is 11.5 Å². The zero-order valence-corrected chi connectivity index (χ0v) is 11.0. The Hall–Kier alpha value is -0.680. The molecule has 0 aliphatic carbocycles. The molecule has 0 aromatic heterocycles. The highest BCUT2D eigenvalue weighted by atomic mass is 35.5. The molecule has 0 spiro atoms. The lowest BCUT2D eigenvalue weighted by Gasteiger charge is -2.30. The van der Waals surface area contributed by atoms with Gasteiger partial charge in [0.05, 0.1) is 18.2 Å². The van der Waals surface area contributed by atoms with Gasteiger partial charge in [0.1, 0.15) is 5.82 Å². The average molecular weight is 273 g/mol. The van der Waals surface area contributed by atoms with E-state index in [4.69, 9.17) is 22.1 Å². The number of hydrogen-bond acceptors (Lipinski definition) is 3. The second-order valence-corrected chi connectivity index (χ2v) is 4.93. The topological polar surface area (TPSA) is 38.5 Å². The number of halogens is 2. The fourth-order valence-corrected chi connectivity index (χ4v) is 2.37. The van der Waals surface area contributed by atoms with Crippen LogP contribution in [0.5, 0.6) is 0 Å². The lowest BCUT2D eigenvalue weighted by atomic mass is 9.98. The van der Waals surface area contributed by atoms with Crippen LogP contribution in [-0.2, 0) is 4.74 Å². The third kappa shape index (κ3) is 3.42. The van der Waals surface area contributed by atoms with Crippen molar-refractivity contribution in [3.63, 3.8) is 0 Å². The van der Waals surface area contributed by atoms with Gasteiger partial charge >= 0.3 is 0 Å². The van der Waals surface area contributed by atoms with E-state index in [0.29, 0.717) is 6.54 Å². The summed E-state index contributed by atoms with van der Waals surface area (Å²) in [7, 11) is 0. The van der Waals surface area contributed by atoms with Crippen molar-refractivity contribution in [1.29, 1.82) is 0 Å². The summed E-state index contributed by atoms with van der Waals surface area (Å²) in [6, 6.07) is 4.84. The highest BCUT2D eigenvalue weighted by Gasteiger charge is 2.18.